The number of carbonyl (C=O) groups excluding carboxylic acids is 1. The first kappa shape index (κ1) is 20.6. The van der Waals surface area contributed by atoms with Gasteiger partial charge in [-0.15, -0.1) is 0 Å². The molecule has 1 fully saturated rings. The van der Waals surface area contributed by atoms with Crippen LogP contribution in [0.3, 0.4) is 0 Å². The molecule has 6 nitrogen and oxygen atoms in total. The Morgan fingerprint density at radius 1 is 0.926 bits per heavy atom. The minimum absolute atomic E-state index is 0.0401. The van der Waals surface area contributed by atoms with E-state index < -0.39 is 15.9 Å². The molecule has 0 atom stereocenters. The van der Waals surface area contributed by atoms with E-state index in [0.717, 1.165) is 0 Å². The molecule has 3 rings (SSSR count). The number of amides is 1. The van der Waals surface area contributed by atoms with Gasteiger partial charge in [0.2, 0.25) is 10.0 Å². The Morgan fingerprint density at radius 3 is 2.22 bits per heavy atom. The lowest BCUT2D eigenvalue weighted by Gasteiger charge is -2.34. The summed E-state index contributed by atoms with van der Waals surface area (Å²) in [6.07, 6.45) is 0. The topological polar surface area (TPSA) is 70.6 Å². The van der Waals surface area contributed by atoms with Crippen LogP contribution in [0.15, 0.2) is 35.2 Å². The lowest BCUT2D eigenvalue weighted by molar-refractivity contribution is 0.0692. The van der Waals surface area contributed by atoms with Gasteiger partial charge in [-0.3, -0.25) is 4.79 Å². The highest BCUT2D eigenvalue weighted by Crippen LogP contribution is 2.28. The van der Waals surface area contributed by atoms with E-state index in [2.05, 4.69) is 4.98 Å². The second-order valence-electron chi connectivity index (χ2n) is 5.74. The van der Waals surface area contributed by atoms with Crippen LogP contribution in [0.25, 0.3) is 0 Å². The molecule has 0 spiro atoms. The summed E-state index contributed by atoms with van der Waals surface area (Å²) in [5.41, 5.74) is 0.0401. The molecule has 27 heavy (non-hydrogen) atoms. The van der Waals surface area contributed by atoms with Crippen molar-refractivity contribution in [3.8, 4) is 0 Å². The van der Waals surface area contributed by atoms with E-state index >= 15 is 0 Å². The Morgan fingerprint density at radius 2 is 1.56 bits per heavy atom. The fourth-order valence-corrected chi connectivity index (χ4v) is 5.16. The summed E-state index contributed by atoms with van der Waals surface area (Å²) in [6.45, 7) is 0.575. The first-order valence-electron chi connectivity index (χ1n) is 7.76. The van der Waals surface area contributed by atoms with Gasteiger partial charge in [0.05, 0.1) is 10.0 Å². The van der Waals surface area contributed by atoms with Gasteiger partial charge < -0.3 is 4.90 Å². The standard InChI is InChI=1S/C16H13Cl4N3O3S/c17-10-1-2-11(18)13(9-10)27(25,26)23-7-5-22(6-8-23)16(24)15-12(19)3-4-14(20)21-15/h1-4,9H,5-8H2. The van der Waals surface area contributed by atoms with E-state index in [4.69, 9.17) is 46.4 Å². The Labute approximate surface area is 176 Å². The van der Waals surface area contributed by atoms with Gasteiger partial charge in [0.25, 0.3) is 5.91 Å². The van der Waals surface area contributed by atoms with Crippen LogP contribution in [-0.4, -0.2) is 54.7 Å². The summed E-state index contributed by atoms with van der Waals surface area (Å²) in [6, 6.07) is 7.24. The number of benzene rings is 1. The molecule has 11 heteroatoms. The molecule has 0 N–H and O–H groups in total. The zero-order chi connectivity index (χ0) is 19.8. The normalized spacial score (nSPS) is 15.8. The maximum absolute atomic E-state index is 12.8. The largest absolute Gasteiger partial charge is 0.335 e. The van der Waals surface area contributed by atoms with Crippen molar-refractivity contribution >= 4 is 62.3 Å². The molecule has 1 aliphatic heterocycles. The molecule has 0 aliphatic carbocycles. The Bertz CT molecular complexity index is 992. The van der Waals surface area contributed by atoms with Crippen LogP contribution in [0.1, 0.15) is 10.5 Å². The van der Waals surface area contributed by atoms with Gasteiger partial charge >= 0.3 is 0 Å². The SMILES string of the molecule is O=C(c1nc(Cl)ccc1Cl)N1CCN(S(=O)(=O)c2cc(Cl)ccc2Cl)CC1. The van der Waals surface area contributed by atoms with E-state index in [1.54, 1.807) is 0 Å². The minimum Gasteiger partial charge on any atom is -0.335 e. The summed E-state index contributed by atoms with van der Waals surface area (Å²) in [5, 5.41) is 0.700. The van der Waals surface area contributed by atoms with Gasteiger partial charge in [-0.1, -0.05) is 46.4 Å². The zero-order valence-corrected chi connectivity index (χ0v) is 17.5. The number of hydrogen-bond acceptors (Lipinski definition) is 4. The van der Waals surface area contributed by atoms with Crippen molar-refractivity contribution in [3.05, 3.63) is 56.2 Å². The van der Waals surface area contributed by atoms with E-state index in [0.29, 0.717) is 0 Å². The first-order chi connectivity index (χ1) is 12.7. The highest BCUT2D eigenvalue weighted by atomic mass is 35.5. The number of piperazine rings is 1. The highest BCUT2D eigenvalue weighted by Gasteiger charge is 2.32. The van der Waals surface area contributed by atoms with Crippen molar-refractivity contribution in [1.29, 1.82) is 0 Å². The van der Waals surface area contributed by atoms with E-state index in [1.165, 1.54) is 39.5 Å². The molecule has 1 aliphatic rings. The predicted molar refractivity (Wildman–Crippen MR) is 105 cm³/mol. The van der Waals surface area contributed by atoms with Crippen LogP contribution in [0.4, 0.5) is 0 Å². The Kier molecular flexibility index (Phi) is 6.20. The molecule has 2 aromatic rings. The maximum Gasteiger partial charge on any atom is 0.274 e. The number of aromatic nitrogens is 1. The van der Waals surface area contributed by atoms with Crippen LogP contribution in [-0.2, 0) is 10.0 Å². The average molecular weight is 469 g/mol. The summed E-state index contributed by atoms with van der Waals surface area (Å²) >= 11 is 23.8. The third-order valence-corrected chi connectivity index (χ3v) is 7.18. The molecule has 1 saturated heterocycles. The predicted octanol–water partition coefficient (Wildman–Crippen LogP) is 3.84. The van der Waals surface area contributed by atoms with Crippen LogP contribution in [0.2, 0.25) is 20.2 Å². The Hall–Kier alpha value is -1.09. The van der Waals surface area contributed by atoms with E-state index in [-0.39, 0.29) is 57.0 Å². The lowest BCUT2D eigenvalue weighted by atomic mass is 10.3. The summed E-state index contributed by atoms with van der Waals surface area (Å²) in [7, 11) is -3.83. The molecule has 0 unspecified atom stereocenters. The van der Waals surface area contributed by atoms with Gasteiger partial charge in [-0.25, -0.2) is 13.4 Å². The first-order valence-corrected chi connectivity index (χ1v) is 10.7. The number of nitrogens with zero attached hydrogens (tertiary/aromatic N) is 3. The third kappa shape index (κ3) is 4.34. The van der Waals surface area contributed by atoms with Crippen molar-refractivity contribution < 1.29 is 13.2 Å². The molecular weight excluding hydrogens is 456 g/mol. The van der Waals surface area contributed by atoms with Crippen molar-refractivity contribution in [2.75, 3.05) is 26.2 Å². The monoisotopic (exact) mass is 467 g/mol. The van der Waals surface area contributed by atoms with Gasteiger partial charge in [-0.2, -0.15) is 4.31 Å². The van der Waals surface area contributed by atoms with Crippen molar-refractivity contribution in [2.45, 2.75) is 4.90 Å². The molecule has 0 radical (unpaired) electrons. The van der Waals surface area contributed by atoms with Crippen LogP contribution >= 0.6 is 46.4 Å². The maximum atomic E-state index is 12.8. The smallest absolute Gasteiger partial charge is 0.274 e. The molecule has 1 amide bonds. The number of rotatable bonds is 3. The van der Waals surface area contributed by atoms with E-state index in [1.807, 2.05) is 0 Å². The highest BCUT2D eigenvalue weighted by molar-refractivity contribution is 7.89. The molecule has 1 aromatic heterocycles. The number of pyridine rings is 1. The fraction of sp³-hybridized carbons (Fsp3) is 0.250. The molecule has 0 bridgehead atoms. The minimum atomic E-state index is -3.83. The van der Waals surface area contributed by atoms with Crippen LogP contribution < -0.4 is 0 Å². The number of hydrogen-bond donors (Lipinski definition) is 0. The van der Waals surface area contributed by atoms with Gasteiger partial charge in [0.1, 0.15) is 15.7 Å². The van der Waals surface area contributed by atoms with Gasteiger partial charge in [0.15, 0.2) is 0 Å². The number of sulfonamides is 1. The molecule has 144 valence electrons. The second kappa shape index (κ2) is 8.11. The average Bonchev–Trinajstić information content (AvgIpc) is 2.65. The lowest BCUT2D eigenvalue weighted by Crippen LogP contribution is -2.50. The summed E-state index contributed by atoms with van der Waals surface area (Å²) in [4.78, 5) is 18.0. The quantitative estimate of drug-likeness (QED) is 0.641. The molecular formula is C16H13Cl4N3O3S. The summed E-state index contributed by atoms with van der Waals surface area (Å²) < 4.78 is 26.9. The van der Waals surface area contributed by atoms with Crippen molar-refractivity contribution in [2.24, 2.45) is 0 Å². The van der Waals surface area contributed by atoms with Gasteiger partial charge in [0, 0.05) is 31.2 Å². The zero-order valence-electron chi connectivity index (χ0n) is 13.7. The van der Waals surface area contributed by atoms with Crippen LogP contribution in [0, 0.1) is 0 Å². The molecule has 0 saturated carbocycles. The third-order valence-electron chi connectivity index (χ3n) is 4.05. The van der Waals surface area contributed by atoms with Crippen molar-refractivity contribution in [3.63, 3.8) is 0 Å². The summed E-state index contributed by atoms with van der Waals surface area (Å²) in [5.74, 6) is -0.402. The fourth-order valence-electron chi connectivity index (χ4n) is 2.66. The van der Waals surface area contributed by atoms with E-state index in [9.17, 15) is 13.2 Å². The molecule has 1 aromatic carbocycles. The van der Waals surface area contributed by atoms with Crippen molar-refractivity contribution in [1.82, 2.24) is 14.2 Å². The molecule has 2 heterocycles. The number of carbonyl (C=O) groups is 1. The Balaban J connectivity index is 1.76. The van der Waals surface area contributed by atoms with Gasteiger partial charge in [-0.05, 0) is 30.3 Å². The number of halogens is 4. The van der Waals surface area contributed by atoms with Crippen LogP contribution in [0.5, 0.6) is 0 Å². The second-order valence-corrected chi connectivity index (χ2v) is 9.28.